The Morgan fingerprint density at radius 1 is 1.14 bits per heavy atom. The van der Waals surface area contributed by atoms with Crippen LogP contribution in [-0.4, -0.2) is 13.1 Å². The number of rotatable bonds is 3. The van der Waals surface area contributed by atoms with Crippen LogP contribution in [0.2, 0.25) is 0 Å². The zero-order valence-corrected chi connectivity index (χ0v) is 13.2. The first kappa shape index (κ1) is 14.8. The van der Waals surface area contributed by atoms with E-state index in [1.54, 1.807) is 0 Å². The molecule has 0 radical (unpaired) electrons. The highest BCUT2D eigenvalue weighted by Gasteiger charge is 2.37. The van der Waals surface area contributed by atoms with Crippen molar-refractivity contribution in [1.29, 1.82) is 0 Å². The number of methoxy groups -OCH3 is 1. The highest BCUT2D eigenvalue weighted by molar-refractivity contribution is 5.79. The molecule has 1 aliphatic rings. The van der Waals surface area contributed by atoms with Crippen LogP contribution < -0.4 is 5.73 Å². The van der Waals surface area contributed by atoms with E-state index in [9.17, 15) is 4.79 Å². The minimum atomic E-state index is -0.756. The summed E-state index contributed by atoms with van der Waals surface area (Å²) in [7, 11) is 1.40. The normalized spacial score (nSPS) is 14.2. The highest BCUT2D eigenvalue weighted by atomic mass is 16.5. The van der Waals surface area contributed by atoms with E-state index in [-0.39, 0.29) is 5.97 Å². The summed E-state index contributed by atoms with van der Waals surface area (Å²) in [4.78, 5) is 12.0. The summed E-state index contributed by atoms with van der Waals surface area (Å²) < 4.78 is 4.88. The molecule has 1 aliphatic carbocycles. The van der Waals surface area contributed by atoms with Gasteiger partial charge in [0.15, 0.2) is 0 Å². The maximum Gasteiger partial charge on any atom is 0.313 e. The smallest absolute Gasteiger partial charge is 0.313 e. The third-order valence-electron chi connectivity index (χ3n) is 4.67. The van der Waals surface area contributed by atoms with Gasteiger partial charge in [-0.05, 0) is 48.1 Å². The van der Waals surface area contributed by atoms with E-state index in [1.165, 1.54) is 29.4 Å². The van der Waals surface area contributed by atoms with Gasteiger partial charge < -0.3 is 10.5 Å². The molecule has 114 valence electrons. The van der Waals surface area contributed by atoms with Gasteiger partial charge >= 0.3 is 5.97 Å². The minimum absolute atomic E-state index is 0.288. The molecule has 0 unspecified atom stereocenters. The van der Waals surface area contributed by atoms with Crippen molar-refractivity contribution in [3.05, 3.63) is 59.2 Å². The Morgan fingerprint density at radius 2 is 1.82 bits per heavy atom. The van der Waals surface area contributed by atoms with Crippen molar-refractivity contribution in [2.75, 3.05) is 7.11 Å². The molecule has 0 aromatic heterocycles. The molecule has 2 N–H and O–H groups in total. The van der Waals surface area contributed by atoms with E-state index < -0.39 is 11.5 Å². The molecule has 0 fully saturated rings. The third kappa shape index (κ3) is 2.22. The van der Waals surface area contributed by atoms with E-state index in [1.807, 2.05) is 19.9 Å². The lowest BCUT2D eigenvalue weighted by atomic mass is 9.80. The summed E-state index contributed by atoms with van der Waals surface area (Å²) in [6.07, 6.45) is 0.921. The number of ether oxygens (including phenoxy) is 1. The third-order valence-corrected chi connectivity index (χ3v) is 4.67. The number of hydrogen-bond donors (Lipinski definition) is 1. The Hall–Kier alpha value is -2.13. The van der Waals surface area contributed by atoms with Crippen molar-refractivity contribution in [2.45, 2.75) is 26.3 Å². The van der Waals surface area contributed by atoms with Crippen LogP contribution >= 0.6 is 0 Å². The lowest BCUT2D eigenvalue weighted by molar-refractivity contribution is -0.152. The van der Waals surface area contributed by atoms with Crippen LogP contribution in [0.1, 0.15) is 36.6 Å². The second kappa shape index (κ2) is 5.25. The first-order valence-corrected chi connectivity index (χ1v) is 7.50. The molecule has 3 rings (SSSR count). The topological polar surface area (TPSA) is 52.3 Å². The zero-order valence-electron chi connectivity index (χ0n) is 13.2. The Bertz CT molecular complexity index is 734. The van der Waals surface area contributed by atoms with Crippen molar-refractivity contribution in [2.24, 2.45) is 11.1 Å². The molecular weight excluding hydrogens is 274 g/mol. The quantitative estimate of drug-likeness (QED) is 0.753. The van der Waals surface area contributed by atoms with E-state index >= 15 is 0 Å². The number of hydrogen-bond acceptors (Lipinski definition) is 3. The molecular formula is C19H21NO2. The van der Waals surface area contributed by atoms with Crippen molar-refractivity contribution < 1.29 is 9.53 Å². The molecule has 0 bridgehead atoms. The lowest BCUT2D eigenvalue weighted by Crippen LogP contribution is -2.37. The zero-order chi connectivity index (χ0) is 15.9. The van der Waals surface area contributed by atoms with Crippen LogP contribution in [-0.2, 0) is 16.0 Å². The van der Waals surface area contributed by atoms with Gasteiger partial charge in [0.05, 0.1) is 12.5 Å². The fraction of sp³-hybridized carbons (Fsp3) is 0.316. The number of carbonyl (C=O) groups is 1. The molecule has 2 aromatic rings. The monoisotopic (exact) mass is 295 g/mol. The summed E-state index contributed by atoms with van der Waals surface area (Å²) in [6, 6.07) is 14.3. The number of esters is 1. The summed E-state index contributed by atoms with van der Waals surface area (Å²) in [6.45, 7) is 3.65. The van der Waals surface area contributed by atoms with Crippen LogP contribution in [0, 0.1) is 5.41 Å². The minimum Gasteiger partial charge on any atom is -0.469 e. The van der Waals surface area contributed by atoms with Crippen molar-refractivity contribution in [3.63, 3.8) is 0 Å². The second-order valence-electron chi connectivity index (χ2n) is 6.44. The largest absolute Gasteiger partial charge is 0.469 e. The van der Waals surface area contributed by atoms with Gasteiger partial charge in [-0.25, -0.2) is 0 Å². The first-order chi connectivity index (χ1) is 10.4. The fourth-order valence-electron chi connectivity index (χ4n) is 3.17. The molecule has 0 aliphatic heterocycles. The van der Waals surface area contributed by atoms with Gasteiger partial charge in [0.25, 0.3) is 0 Å². The Labute approximate surface area is 131 Å². The van der Waals surface area contributed by atoms with E-state index in [4.69, 9.17) is 10.5 Å². The molecule has 0 amide bonds. The molecule has 3 nitrogen and oxygen atoms in total. The number of nitrogens with two attached hydrogens (primary N) is 1. The van der Waals surface area contributed by atoms with Gasteiger partial charge in [-0.15, -0.1) is 0 Å². The van der Waals surface area contributed by atoms with Crippen LogP contribution in [0.3, 0.4) is 0 Å². The number of benzene rings is 2. The Kier molecular flexibility index (Phi) is 3.53. The summed E-state index contributed by atoms with van der Waals surface area (Å²) in [5, 5.41) is 0. The van der Waals surface area contributed by atoms with Crippen LogP contribution in [0.15, 0.2) is 42.5 Å². The highest BCUT2D eigenvalue weighted by Crippen LogP contribution is 2.39. The summed E-state index contributed by atoms with van der Waals surface area (Å²) >= 11 is 0. The van der Waals surface area contributed by atoms with Gasteiger partial charge in [0.1, 0.15) is 0 Å². The van der Waals surface area contributed by atoms with E-state index in [0.717, 1.165) is 12.0 Å². The lowest BCUT2D eigenvalue weighted by Gasteiger charge is -2.29. The molecule has 0 heterocycles. The molecule has 1 atom stereocenters. The SMILES string of the molecule is COC(=O)C(C)(C)[C@H](N)c1ccc2c(c1)Cc1ccccc1-2. The van der Waals surface area contributed by atoms with E-state index in [0.29, 0.717) is 0 Å². The van der Waals surface area contributed by atoms with Crippen LogP contribution in [0.4, 0.5) is 0 Å². The molecule has 22 heavy (non-hydrogen) atoms. The number of fused-ring (bicyclic) bond motifs is 3. The standard InChI is InChI=1S/C19H21NO2/c1-19(2,18(21)22-3)17(20)13-8-9-16-14(11-13)10-12-6-4-5-7-15(12)16/h4-9,11,17H,10,20H2,1-3H3/t17-/m1/s1. The van der Waals surface area contributed by atoms with Crippen molar-refractivity contribution in [3.8, 4) is 11.1 Å². The average Bonchev–Trinajstić information content (AvgIpc) is 2.90. The van der Waals surface area contributed by atoms with Crippen LogP contribution in [0.5, 0.6) is 0 Å². The maximum atomic E-state index is 12.0. The van der Waals surface area contributed by atoms with Gasteiger partial charge in [-0.1, -0.05) is 42.5 Å². The fourth-order valence-corrected chi connectivity index (χ4v) is 3.17. The summed E-state index contributed by atoms with van der Waals surface area (Å²) in [5.74, 6) is -0.288. The van der Waals surface area contributed by atoms with Crippen molar-refractivity contribution in [1.82, 2.24) is 0 Å². The molecule has 0 saturated carbocycles. The Balaban J connectivity index is 1.96. The maximum absolute atomic E-state index is 12.0. The van der Waals surface area contributed by atoms with Crippen molar-refractivity contribution >= 4 is 5.97 Å². The number of carbonyl (C=O) groups excluding carboxylic acids is 1. The van der Waals surface area contributed by atoms with Gasteiger partial charge in [-0.2, -0.15) is 0 Å². The predicted octanol–water partition coefficient (Wildman–Crippen LogP) is 3.46. The first-order valence-electron chi connectivity index (χ1n) is 7.50. The van der Waals surface area contributed by atoms with Gasteiger partial charge in [0.2, 0.25) is 0 Å². The van der Waals surface area contributed by atoms with Gasteiger partial charge in [0, 0.05) is 6.04 Å². The van der Waals surface area contributed by atoms with E-state index in [2.05, 4.69) is 36.4 Å². The molecule has 3 heteroatoms. The van der Waals surface area contributed by atoms with Gasteiger partial charge in [-0.3, -0.25) is 4.79 Å². The summed E-state index contributed by atoms with van der Waals surface area (Å²) in [5.41, 5.74) is 11.7. The molecule has 0 saturated heterocycles. The Morgan fingerprint density at radius 3 is 2.55 bits per heavy atom. The second-order valence-corrected chi connectivity index (χ2v) is 6.44. The predicted molar refractivity (Wildman–Crippen MR) is 87.4 cm³/mol. The van der Waals surface area contributed by atoms with Crippen LogP contribution in [0.25, 0.3) is 11.1 Å². The molecule has 0 spiro atoms. The average molecular weight is 295 g/mol. The molecule has 2 aromatic carbocycles.